The van der Waals surface area contributed by atoms with Crippen LogP contribution in [0.4, 0.5) is 0 Å². The molecule has 2 saturated carbocycles. The van der Waals surface area contributed by atoms with E-state index < -0.39 is 11.0 Å². The van der Waals surface area contributed by atoms with Crippen LogP contribution in [-0.4, -0.2) is 23.0 Å². The second kappa shape index (κ2) is 5.60. The van der Waals surface area contributed by atoms with Crippen molar-refractivity contribution in [3.63, 3.8) is 0 Å². The van der Waals surface area contributed by atoms with E-state index in [2.05, 4.69) is 6.08 Å². The van der Waals surface area contributed by atoms with Crippen LogP contribution in [0.15, 0.2) is 11.6 Å². The maximum absolute atomic E-state index is 12.2. The smallest absolute Gasteiger partial charge is 0.307 e. The highest BCUT2D eigenvalue weighted by atomic mass is 16.6. The minimum absolute atomic E-state index is 0.124. The number of allylic oxidation sites excluding steroid dienone is 2. The zero-order chi connectivity index (χ0) is 16.8. The van der Waals surface area contributed by atoms with Gasteiger partial charge in [-0.05, 0) is 70.6 Å². The van der Waals surface area contributed by atoms with E-state index in [1.165, 1.54) is 18.4 Å². The first-order valence-electron chi connectivity index (χ1n) is 8.70. The van der Waals surface area contributed by atoms with Crippen molar-refractivity contribution in [2.24, 2.45) is 23.2 Å². The predicted molar refractivity (Wildman–Crippen MR) is 86.4 cm³/mol. The van der Waals surface area contributed by atoms with Crippen molar-refractivity contribution in [1.29, 1.82) is 0 Å². The number of esters is 1. The highest BCUT2D eigenvalue weighted by molar-refractivity contribution is 5.71. The van der Waals surface area contributed by atoms with Crippen LogP contribution >= 0.6 is 0 Å². The molecule has 0 amide bonds. The molecular weight excluding hydrogens is 294 g/mol. The summed E-state index contributed by atoms with van der Waals surface area (Å²) < 4.78 is 5.42. The first-order valence-corrected chi connectivity index (χ1v) is 8.70. The van der Waals surface area contributed by atoms with E-state index in [-0.39, 0.29) is 29.8 Å². The summed E-state index contributed by atoms with van der Waals surface area (Å²) in [5.74, 6) is 1.23. The average molecular weight is 321 g/mol. The Morgan fingerprint density at radius 1 is 1.43 bits per heavy atom. The molecule has 0 spiro atoms. The van der Waals surface area contributed by atoms with Gasteiger partial charge < -0.3 is 4.74 Å². The number of ether oxygens (including phenoxy) is 1. The molecule has 0 aromatic heterocycles. The Bertz CT molecular complexity index is 544. The van der Waals surface area contributed by atoms with Gasteiger partial charge in [0.05, 0.1) is 11.8 Å². The minimum atomic E-state index is -0.543. The fourth-order valence-corrected chi connectivity index (χ4v) is 4.48. The standard InChI is InChI=1S/C18H27NO4/c1-17(2,3)23-16(20)10-18(11-19(21)22)9-14-7-13(8-15(14)18)6-12-4-5-12/h8,12,14-15H,4-7,9-11H2,1-3H3/t14-,15-,18-/m1/s1. The van der Waals surface area contributed by atoms with Crippen molar-refractivity contribution in [3.8, 4) is 0 Å². The molecule has 0 saturated heterocycles. The van der Waals surface area contributed by atoms with E-state index in [0.29, 0.717) is 5.92 Å². The van der Waals surface area contributed by atoms with E-state index in [0.717, 1.165) is 25.2 Å². The molecule has 23 heavy (non-hydrogen) atoms. The Balaban J connectivity index is 1.69. The molecule has 0 heterocycles. The fraction of sp³-hybridized carbons (Fsp3) is 0.833. The van der Waals surface area contributed by atoms with Crippen molar-refractivity contribution < 1.29 is 14.5 Å². The van der Waals surface area contributed by atoms with Crippen molar-refractivity contribution >= 4 is 5.97 Å². The zero-order valence-electron chi connectivity index (χ0n) is 14.3. The topological polar surface area (TPSA) is 69.4 Å². The van der Waals surface area contributed by atoms with E-state index in [1.807, 2.05) is 20.8 Å². The third kappa shape index (κ3) is 3.75. The van der Waals surface area contributed by atoms with Crippen molar-refractivity contribution in [2.75, 3.05) is 6.54 Å². The van der Waals surface area contributed by atoms with Gasteiger partial charge in [0.2, 0.25) is 6.54 Å². The molecule has 3 aliphatic carbocycles. The molecule has 3 aliphatic rings. The number of nitro groups is 1. The number of carbonyl (C=O) groups excluding carboxylic acids is 1. The van der Waals surface area contributed by atoms with Crippen LogP contribution in [0.5, 0.6) is 0 Å². The molecule has 3 rings (SSSR count). The summed E-state index contributed by atoms with van der Waals surface area (Å²) in [4.78, 5) is 23.1. The molecule has 0 unspecified atom stereocenters. The molecule has 0 radical (unpaired) electrons. The molecule has 0 aromatic carbocycles. The number of nitrogens with zero attached hydrogens (tertiary/aromatic N) is 1. The van der Waals surface area contributed by atoms with Crippen LogP contribution in [-0.2, 0) is 9.53 Å². The third-order valence-corrected chi connectivity index (χ3v) is 5.43. The molecule has 0 bridgehead atoms. The van der Waals surface area contributed by atoms with Gasteiger partial charge in [0.25, 0.3) is 0 Å². The van der Waals surface area contributed by atoms with Crippen molar-refractivity contribution in [3.05, 3.63) is 21.8 Å². The molecular formula is C18H27NO4. The molecule has 128 valence electrons. The van der Waals surface area contributed by atoms with Crippen LogP contribution in [0.2, 0.25) is 0 Å². The Labute approximate surface area is 137 Å². The number of hydrogen-bond acceptors (Lipinski definition) is 4. The SMILES string of the molecule is CC(C)(C)OC(=O)C[C@@]1(C[N+](=O)[O-])C[C@H]2CC(CC3CC3)=C[C@H]21. The monoisotopic (exact) mass is 321 g/mol. The lowest BCUT2D eigenvalue weighted by Crippen LogP contribution is -2.51. The van der Waals surface area contributed by atoms with Crippen LogP contribution < -0.4 is 0 Å². The van der Waals surface area contributed by atoms with Gasteiger partial charge in [-0.15, -0.1) is 0 Å². The van der Waals surface area contributed by atoms with Crippen LogP contribution in [0.25, 0.3) is 0 Å². The van der Waals surface area contributed by atoms with Gasteiger partial charge in [-0.2, -0.15) is 0 Å². The summed E-state index contributed by atoms with van der Waals surface area (Å²) in [5, 5.41) is 11.2. The van der Waals surface area contributed by atoms with Crippen LogP contribution in [0.1, 0.15) is 59.3 Å². The summed E-state index contributed by atoms with van der Waals surface area (Å²) in [6, 6.07) is 0. The number of carbonyl (C=O) groups is 1. The highest BCUT2D eigenvalue weighted by Crippen LogP contribution is 2.61. The molecule has 3 atom stereocenters. The summed E-state index contributed by atoms with van der Waals surface area (Å²) in [6.07, 6.45) is 8.10. The fourth-order valence-electron chi connectivity index (χ4n) is 4.48. The maximum Gasteiger partial charge on any atom is 0.307 e. The summed E-state index contributed by atoms with van der Waals surface area (Å²) >= 11 is 0. The lowest BCUT2D eigenvalue weighted by molar-refractivity contribution is -0.506. The van der Waals surface area contributed by atoms with Gasteiger partial charge in [-0.1, -0.05) is 11.6 Å². The first-order chi connectivity index (χ1) is 10.7. The van der Waals surface area contributed by atoms with Gasteiger partial charge in [-0.25, -0.2) is 0 Å². The van der Waals surface area contributed by atoms with Gasteiger partial charge in [-0.3, -0.25) is 14.9 Å². The first kappa shape index (κ1) is 16.5. The minimum Gasteiger partial charge on any atom is -0.460 e. The van der Waals surface area contributed by atoms with Crippen LogP contribution in [0.3, 0.4) is 0 Å². The Morgan fingerprint density at radius 3 is 2.70 bits per heavy atom. The number of fused-ring (bicyclic) bond motifs is 1. The average Bonchev–Trinajstić information content (AvgIpc) is 3.08. The second-order valence-corrected chi connectivity index (χ2v) is 8.78. The van der Waals surface area contributed by atoms with Crippen molar-refractivity contribution in [1.82, 2.24) is 0 Å². The van der Waals surface area contributed by atoms with Crippen molar-refractivity contribution in [2.45, 2.75) is 64.9 Å². The lowest BCUT2D eigenvalue weighted by atomic mass is 9.53. The Kier molecular flexibility index (Phi) is 4.01. The molecule has 0 N–H and O–H groups in total. The van der Waals surface area contributed by atoms with Gasteiger partial charge in [0.1, 0.15) is 5.60 Å². The molecule has 0 aliphatic heterocycles. The van der Waals surface area contributed by atoms with E-state index in [1.54, 1.807) is 0 Å². The molecule has 0 aromatic rings. The van der Waals surface area contributed by atoms with Gasteiger partial charge in [0.15, 0.2) is 0 Å². The summed E-state index contributed by atoms with van der Waals surface area (Å²) in [6.45, 7) is 5.37. The largest absolute Gasteiger partial charge is 0.460 e. The quantitative estimate of drug-likeness (QED) is 0.323. The molecule has 5 nitrogen and oxygen atoms in total. The van der Waals surface area contributed by atoms with E-state index in [4.69, 9.17) is 4.74 Å². The zero-order valence-corrected chi connectivity index (χ0v) is 14.3. The second-order valence-electron chi connectivity index (χ2n) is 8.78. The van der Waals surface area contributed by atoms with E-state index in [9.17, 15) is 14.9 Å². The van der Waals surface area contributed by atoms with E-state index >= 15 is 0 Å². The Hall–Kier alpha value is -1.39. The Morgan fingerprint density at radius 2 is 2.13 bits per heavy atom. The normalized spacial score (nSPS) is 32.7. The third-order valence-electron chi connectivity index (χ3n) is 5.43. The predicted octanol–water partition coefficient (Wildman–Crippen LogP) is 3.75. The number of hydrogen-bond donors (Lipinski definition) is 0. The lowest BCUT2D eigenvalue weighted by Gasteiger charge is -2.49. The number of rotatable bonds is 6. The highest BCUT2D eigenvalue weighted by Gasteiger charge is 2.59. The molecule has 2 fully saturated rings. The summed E-state index contributed by atoms with van der Waals surface area (Å²) in [7, 11) is 0. The van der Waals surface area contributed by atoms with Gasteiger partial charge >= 0.3 is 5.97 Å². The van der Waals surface area contributed by atoms with Gasteiger partial charge in [0, 0.05) is 4.92 Å². The van der Waals surface area contributed by atoms with Crippen LogP contribution in [0, 0.1) is 33.3 Å². The summed E-state index contributed by atoms with van der Waals surface area (Å²) in [5.41, 5.74) is 0.400. The molecule has 5 heteroatoms. The maximum atomic E-state index is 12.2.